The third-order valence-electron chi connectivity index (χ3n) is 3.48. The molecule has 14 heavy (non-hydrogen) atoms. The molecule has 2 atom stereocenters. The fourth-order valence-electron chi connectivity index (χ4n) is 2.15. The topological polar surface area (TPSA) is 3.24 Å². The Labute approximate surface area is 85.5 Å². The van der Waals surface area contributed by atoms with Crippen LogP contribution in [0.5, 0.6) is 0 Å². The third kappa shape index (κ3) is 2.44. The summed E-state index contributed by atoms with van der Waals surface area (Å²) in [6.45, 7) is 6.73. The van der Waals surface area contributed by atoms with Crippen molar-refractivity contribution in [2.24, 2.45) is 5.92 Å². The molecule has 0 bridgehead atoms. The summed E-state index contributed by atoms with van der Waals surface area (Å²) in [5.41, 5.74) is 0. The highest BCUT2D eigenvalue weighted by atomic mass is 19.3. The molecule has 1 fully saturated rings. The summed E-state index contributed by atoms with van der Waals surface area (Å²) in [4.78, 5) is 1.92. The third-order valence-corrected chi connectivity index (χ3v) is 3.48. The van der Waals surface area contributed by atoms with Gasteiger partial charge in [-0.15, -0.1) is 0 Å². The summed E-state index contributed by atoms with van der Waals surface area (Å²) in [5, 5.41) is 0. The standard InChI is InChI=1S/C11H21F2N/c1-4-9(3)14-7-6-10(5-2)11(12,13)8-14/h9-10H,4-8H2,1-3H3/t9?,10-/m0/s1. The van der Waals surface area contributed by atoms with Crippen LogP contribution in [0.1, 0.15) is 40.0 Å². The molecule has 1 nitrogen and oxygen atoms in total. The Morgan fingerprint density at radius 2 is 2.07 bits per heavy atom. The number of piperidine rings is 1. The van der Waals surface area contributed by atoms with Gasteiger partial charge in [-0.2, -0.15) is 0 Å². The van der Waals surface area contributed by atoms with Gasteiger partial charge in [-0.25, -0.2) is 8.78 Å². The zero-order valence-corrected chi connectivity index (χ0v) is 9.39. The van der Waals surface area contributed by atoms with Crippen LogP contribution in [0.3, 0.4) is 0 Å². The Morgan fingerprint density at radius 1 is 1.43 bits per heavy atom. The van der Waals surface area contributed by atoms with E-state index >= 15 is 0 Å². The minimum Gasteiger partial charge on any atom is -0.295 e. The molecule has 0 aromatic carbocycles. The van der Waals surface area contributed by atoms with Crippen LogP contribution in [-0.2, 0) is 0 Å². The molecular formula is C11H21F2N. The molecule has 1 rings (SSSR count). The van der Waals surface area contributed by atoms with E-state index in [0.29, 0.717) is 18.9 Å². The quantitative estimate of drug-likeness (QED) is 0.684. The van der Waals surface area contributed by atoms with Crippen molar-refractivity contribution in [2.45, 2.75) is 52.0 Å². The summed E-state index contributed by atoms with van der Waals surface area (Å²) in [7, 11) is 0. The van der Waals surface area contributed by atoms with Crippen LogP contribution in [-0.4, -0.2) is 30.0 Å². The Bertz CT molecular complexity index is 182. The predicted octanol–water partition coefficient (Wildman–Crippen LogP) is 3.15. The van der Waals surface area contributed by atoms with Crippen LogP contribution < -0.4 is 0 Å². The first kappa shape index (κ1) is 11.9. The number of hydrogen-bond donors (Lipinski definition) is 0. The zero-order valence-electron chi connectivity index (χ0n) is 9.39. The van der Waals surface area contributed by atoms with E-state index in [-0.39, 0.29) is 6.54 Å². The van der Waals surface area contributed by atoms with Crippen LogP contribution in [0.4, 0.5) is 8.78 Å². The van der Waals surface area contributed by atoms with E-state index in [2.05, 4.69) is 6.92 Å². The van der Waals surface area contributed by atoms with Gasteiger partial charge < -0.3 is 0 Å². The summed E-state index contributed by atoms with van der Waals surface area (Å²) in [6, 6.07) is 0.290. The van der Waals surface area contributed by atoms with Crippen LogP contribution in [0.2, 0.25) is 0 Å². The second-order valence-corrected chi connectivity index (χ2v) is 4.38. The van der Waals surface area contributed by atoms with E-state index in [1.54, 1.807) is 0 Å². The SMILES string of the molecule is CCC(C)N1CC[C@H](CC)C(F)(F)C1. The van der Waals surface area contributed by atoms with Gasteiger partial charge in [0, 0.05) is 12.0 Å². The molecule has 0 aromatic heterocycles. The summed E-state index contributed by atoms with van der Waals surface area (Å²) < 4.78 is 27.1. The molecule has 0 saturated carbocycles. The van der Waals surface area contributed by atoms with Gasteiger partial charge in [0.1, 0.15) is 0 Å². The van der Waals surface area contributed by atoms with Crippen LogP contribution in [0.15, 0.2) is 0 Å². The average molecular weight is 205 g/mol. The van der Waals surface area contributed by atoms with Crippen molar-refractivity contribution in [3.63, 3.8) is 0 Å². The lowest BCUT2D eigenvalue weighted by atomic mass is 9.89. The Kier molecular flexibility index (Phi) is 3.87. The van der Waals surface area contributed by atoms with Gasteiger partial charge in [0.15, 0.2) is 0 Å². The summed E-state index contributed by atoms with van der Waals surface area (Å²) in [5.74, 6) is -2.88. The smallest absolute Gasteiger partial charge is 0.263 e. The zero-order chi connectivity index (χ0) is 10.8. The Hall–Kier alpha value is -0.180. The van der Waals surface area contributed by atoms with Crippen molar-refractivity contribution in [1.82, 2.24) is 4.90 Å². The molecule has 0 N–H and O–H groups in total. The first-order valence-electron chi connectivity index (χ1n) is 5.63. The van der Waals surface area contributed by atoms with Crippen molar-refractivity contribution in [3.8, 4) is 0 Å². The lowest BCUT2D eigenvalue weighted by molar-refractivity contribution is -0.119. The number of nitrogens with zero attached hydrogens (tertiary/aromatic N) is 1. The van der Waals surface area contributed by atoms with Gasteiger partial charge in [-0.3, -0.25) is 4.90 Å². The van der Waals surface area contributed by atoms with Crippen molar-refractivity contribution >= 4 is 0 Å². The van der Waals surface area contributed by atoms with Crippen LogP contribution in [0.25, 0.3) is 0 Å². The molecule has 0 radical (unpaired) electrons. The van der Waals surface area contributed by atoms with E-state index in [1.807, 2.05) is 18.7 Å². The number of likely N-dealkylation sites (tertiary alicyclic amines) is 1. The number of rotatable bonds is 3. The van der Waals surface area contributed by atoms with E-state index in [1.165, 1.54) is 0 Å². The maximum absolute atomic E-state index is 13.6. The fraction of sp³-hybridized carbons (Fsp3) is 1.00. The van der Waals surface area contributed by atoms with E-state index in [4.69, 9.17) is 0 Å². The molecule has 0 aromatic rings. The maximum Gasteiger partial charge on any atom is 0.263 e. The number of alkyl halides is 2. The maximum atomic E-state index is 13.6. The van der Waals surface area contributed by atoms with Crippen molar-refractivity contribution < 1.29 is 8.78 Å². The molecule has 1 saturated heterocycles. The second kappa shape index (κ2) is 4.56. The average Bonchev–Trinajstić information content (AvgIpc) is 2.15. The summed E-state index contributed by atoms with van der Waals surface area (Å²) in [6.07, 6.45) is 2.20. The highest BCUT2D eigenvalue weighted by molar-refractivity contribution is 4.87. The number of hydrogen-bond acceptors (Lipinski definition) is 1. The minimum atomic E-state index is -2.48. The molecular weight excluding hydrogens is 184 g/mol. The van der Waals surface area contributed by atoms with Gasteiger partial charge in [0.25, 0.3) is 5.92 Å². The van der Waals surface area contributed by atoms with Gasteiger partial charge in [0.05, 0.1) is 6.54 Å². The van der Waals surface area contributed by atoms with Gasteiger partial charge >= 0.3 is 0 Å². The lowest BCUT2D eigenvalue weighted by Gasteiger charge is -2.40. The second-order valence-electron chi connectivity index (χ2n) is 4.38. The molecule has 3 heteroatoms. The van der Waals surface area contributed by atoms with Crippen molar-refractivity contribution in [3.05, 3.63) is 0 Å². The van der Waals surface area contributed by atoms with Crippen molar-refractivity contribution in [2.75, 3.05) is 13.1 Å². The Balaban J connectivity index is 2.58. The molecule has 0 amide bonds. The van der Waals surface area contributed by atoms with Gasteiger partial charge in [-0.1, -0.05) is 13.8 Å². The highest BCUT2D eigenvalue weighted by Crippen LogP contribution is 2.35. The first-order valence-corrected chi connectivity index (χ1v) is 5.63. The van der Waals surface area contributed by atoms with E-state index in [0.717, 1.165) is 13.0 Å². The normalized spacial score (nSPS) is 30.2. The predicted molar refractivity (Wildman–Crippen MR) is 54.7 cm³/mol. The van der Waals surface area contributed by atoms with E-state index in [9.17, 15) is 8.78 Å². The lowest BCUT2D eigenvalue weighted by Crippen LogP contribution is -2.51. The van der Waals surface area contributed by atoms with Crippen LogP contribution in [0, 0.1) is 5.92 Å². The molecule has 1 unspecified atom stereocenters. The monoisotopic (exact) mass is 205 g/mol. The molecule has 1 aliphatic heterocycles. The molecule has 1 aliphatic rings. The minimum absolute atomic E-state index is 0.0412. The Morgan fingerprint density at radius 3 is 2.50 bits per heavy atom. The first-order chi connectivity index (χ1) is 6.51. The van der Waals surface area contributed by atoms with Crippen LogP contribution >= 0.6 is 0 Å². The van der Waals surface area contributed by atoms with Gasteiger partial charge in [-0.05, 0) is 32.7 Å². The fourth-order valence-corrected chi connectivity index (χ4v) is 2.15. The van der Waals surface area contributed by atoms with E-state index < -0.39 is 11.8 Å². The highest BCUT2D eigenvalue weighted by Gasteiger charge is 2.43. The van der Waals surface area contributed by atoms with Gasteiger partial charge in [0.2, 0.25) is 0 Å². The molecule has 1 heterocycles. The summed E-state index contributed by atoms with van der Waals surface area (Å²) >= 11 is 0. The largest absolute Gasteiger partial charge is 0.295 e. The molecule has 0 aliphatic carbocycles. The molecule has 0 spiro atoms. The molecule has 84 valence electrons. The van der Waals surface area contributed by atoms with Crippen molar-refractivity contribution in [1.29, 1.82) is 0 Å². The number of halogens is 2.